The average molecular weight is 542 g/mol. The van der Waals surface area contributed by atoms with Gasteiger partial charge in [0.2, 0.25) is 5.91 Å². The number of para-hydroxylation sites is 2. The largest absolute Gasteiger partial charge is 0.485 e. The summed E-state index contributed by atoms with van der Waals surface area (Å²) < 4.78 is 6.73. The molecule has 2 amide bonds. The van der Waals surface area contributed by atoms with E-state index in [9.17, 15) is 14.4 Å². The predicted octanol–water partition coefficient (Wildman–Crippen LogP) is 3.87. The second kappa shape index (κ2) is 11.4. The molecule has 1 N–H and O–H groups in total. The van der Waals surface area contributed by atoms with Gasteiger partial charge < -0.3 is 15.0 Å². The summed E-state index contributed by atoms with van der Waals surface area (Å²) in [6.07, 6.45) is 0.256. The highest BCUT2D eigenvalue weighted by molar-refractivity contribution is 14.1. The van der Waals surface area contributed by atoms with Crippen molar-refractivity contribution in [2.45, 2.75) is 6.42 Å². The molecular formula is C25H23IN2O4. The van der Waals surface area contributed by atoms with Crippen LogP contribution in [0.3, 0.4) is 0 Å². The van der Waals surface area contributed by atoms with Gasteiger partial charge in [-0.2, -0.15) is 0 Å². The van der Waals surface area contributed by atoms with Crippen LogP contribution in [0.4, 0.5) is 5.69 Å². The standard InChI is InChI=1S/C25H23IN2O4/c1-28(20-7-3-2-4-8-20)24(30)16-27-25(31)22-9-5-6-10-23(22)32-17-21(29)15-18-11-13-19(26)14-12-18/h2-14H,15-17H2,1H3,(H,27,31). The zero-order valence-electron chi connectivity index (χ0n) is 17.6. The summed E-state index contributed by atoms with van der Waals surface area (Å²) in [7, 11) is 1.65. The highest BCUT2D eigenvalue weighted by Gasteiger charge is 2.16. The molecule has 0 spiro atoms. The Kier molecular flexibility index (Phi) is 8.38. The Balaban J connectivity index is 1.55. The molecule has 164 valence electrons. The van der Waals surface area contributed by atoms with Crippen LogP contribution in [-0.4, -0.2) is 37.8 Å². The van der Waals surface area contributed by atoms with E-state index in [2.05, 4.69) is 27.9 Å². The molecule has 0 radical (unpaired) electrons. The Hall–Kier alpha value is -3.20. The second-order valence-corrected chi connectivity index (χ2v) is 8.34. The number of ketones is 1. The summed E-state index contributed by atoms with van der Waals surface area (Å²) in [5.74, 6) is -0.498. The monoisotopic (exact) mass is 542 g/mol. The lowest BCUT2D eigenvalue weighted by atomic mass is 10.1. The summed E-state index contributed by atoms with van der Waals surface area (Å²) in [5, 5.41) is 2.63. The normalized spacial score (nSPS) is 10.3. The molecule has 0 saturated heterocycles. The third kappa shape index (κ3) is 6.65. The van der Waals surface area contributed by atoms with Gasteiger partial charge in [0, 0.05) is 22.7 Å². The van der Waals surface area contributed by atoms with E-state index in [-0.39, 0.29) is 36.8 Å². The number of nitrogens with zero attached hydrogens (tertiary/aromatic N) is 1. The molecule has 0 unspecified atom stereocenters. The molecule has 0 aromatic heterocycles. The van der Waals surface area contributed by atoms with Gasteiger partial charge in [-0.25, -0.2) is 0 Å². The number of Topliss-reactive ketones (excluding diaryl/α,β-unsaturated/α-hetero) is 1. The highest BCUT2D eigenvalue weighted by atomic mass is 127. The van der Waals surface area contributed by atoms with Gasteiger partial charge >= 0.3 is 0 Å². The molecule has 3 aromatic rings. The molecule has 0 heterocycles. The van der Waals surface area contributed by atoms with Crippen LogP contribution in [0.25, 0.3) is 0 Å². The summed E-state index contributed by atoms with van der Waals surface area (Å²) >= 11 is 2.21. The predicted molar refractivity (Wildman–Crippen MR) is 132 cm³/mol. The van der Waals surface area contributed by atoms with E-state index < -0.39 is 5.91 Å². The van der Waals surface area contributed by atoms with Gasteiger partial charge in [0.15, 0.2) is 5.78 Å². The number of carbonyl (C=O) groups excluding carboxylic acids is 3. The number of likely N-dealkylation sites (N-methyl/N-ethyl adjacent to an activating group) is 1. The number of ether oxygens (including phenoxy) is 1. The van der Waals surface area contributed by atoms with Crippen LogP contribution in [0.5, 0.6) is 5.75 Å². The topological polar surface area (TPSA) is 75.7 Å². The maximum Gasteiger partial charge on any atom is 0.255 e. The van der Waals surface area contributed by atoms with Crippen LogP contribution in [0, 0.1) is 3.57 Å². The lowest BCUT2D eigenvalue weighted by Crippen LogP contribution is -2.38. The molecule has 0 saturated carbocycles. The van der Waals surface area contributed by atoms with Crippen LogP contribution in [0.15, 0.2) is 78.9 Å². The van der Waals surface area contributed by atoms with Crippen molar-refractivity contribution in [1.82, 2.24) is 5.32 Å². The SMILES string of the molecule is CN(C(=O)CNC(=O)c1ccccc1OCC(=O)Cc1ccc(I)cc1)c1ccccc1. The van der Waals surface area contributed by atoms with E-state index in [1.165, 1.54) is 4.90 Å². The maximum atomic E-state index is 12.6. The molecule has 0 bridgehead atoms. The van der Waals surface area contributed by atoms with Gasteiger partial charge in [0.1, 0.15) is 12.4 Å². The minimum atomic E-state index is -0.444. The van der Waals surface area contributed by atoms with Crippen molar-refractivity contribution in [3.63, 3.8) is 0 Å². The van der Waals surface area contributed by atoms with Crippen molar-refractivity contribution in [2.24, 2.45) is 0 Å². The van der Waals surface area contributed by atoms with Crippen molar-refractivity contribution in [1.29, 1.82) is 0 Å². The number of benzene rings is 3. The van der Waals surface area contributed by atoms with Crippen LogP contribution in [0.2, 0.25) is 0 Å². The molecule has 6 nitrogen and oxygen atoms in total. The molecule has 3 rings (SSSR count). The number of amides is 2. The first-order valence-electron chi connectivity index (χ1n) is 10.0. The van der Waals surface area contributed by atoms with Crippen molar-refractivity contribution in [2.75, 3.05) is 25.1 Å². The van der Waals surface area contributed by atoms with E-state index >= 15 is 0 Å². The van der Waals surface area contributed by atoms with Crippen LogP contribution in [0.1, 0.15) is 15.9 Å². The van der Waals surface area contributed by atoms with Crippen molar-refractivity contribution in [3.05, 3.63) is 93.6 Å². The van der Waals surface area contributed by atoms with E-state index in [1.54, 1.807) is 31.3 Å². The lowest BCUT2D eigenvalue weighted by molar-refractivity contribution is -0.120. The Labute approximate surface area is 200 Å². The van der Waals surface area contributed by atoms with E-state index in [0.29, 0.717) is 5.75 Å². The first-order chi connectivity index (χ1) is 15.4. The number of hydrogen-bond acceptors (Lipinski definition) is 4. The third-order valence-corrected chi connectivity index (χ3v) is 5.47. The summed E-state index contributed by atoms with van der Waals surface area (Å²) in [6, 6.07) is 23.5. The number of rotatable bonds is 9. The van der Waals surface area contributed by atoms with Crippen molar-refractivity contribution in [3.8, 4) is 5.75 Å². The van der Waals surface area contributed by atoms with Crippen LogP contribution in [-0.2, 0) is 16.0 Å². The van der Waals surface area contributed by atoms with Gasteiger partial charge in [-0.3, -0.25) is 14.4 Å². The number of halogens is 1. The first kappa shape index (κ1) is 23.5. The summed E-state index contributed by atoms with van der Waals surface area (Å²) in [5.41, 5.74) is 1.91. The fraction of sp³-hybridized carbons (Fsp3) is 0.160. The minimum absolute atomic E-state index is 0.0962. The van der Waals surface area contributed by atoms with Crippen LogP contribution < -0.4 is 15.0 Å². The molecule has 0 fully saturated rings. The first-order valence-corrected chi connectivity index (χ1v) is 11.1. The molecule has 3 aromatic carbocycles. The van der Waals surface area contributed by atoms with E-state index in [0.717, 1.165) is 14.8 Å². The van der Waals surface area contributed by atoms with Gasteiger partial charge in [-0.05, 0) is 64.6 Å². The van der Waals surface area contributed by atoms with E-state index in [4.69, 9.17) is 4.74 Å². The number of hydrogen-bond donors (Lipinski definition) is 1. The molecule has 0 aliphatic rings. The Bertz CT molecular complexity index is 1080. The molecule has 0 aliphatic carbocycles. The molecule has 0 atom stereocenters. The van der Waals surface area contributed by atoms with Gasteiger partial charge in [0.25, 0.3) is 5.91 Å². The summed E-state index contributed by atoms with van der Waals surface area (Å²) in [4.78, 5) is 38.8. The third-order valence-electron chi connectivity index (χ3n) is 4.75. The molecule has 32 heavy (non-hydrogen) atoms. The fourth-order valence-electron chi connectivity index (χ4n) is 2.98. The van der Waals surface area contributed by atoms with E-state index in [1.807, 2.05) is 54.6 Å². The second-order valence-electron chi connectivity index (χ2n) is 7.10. The smallest absolute Gasteiger partial charge is 0.255 e. The van der Waals surface area contributed by atoms with Crippen LogP contribution >= 0.6 is 22.6 Å². The maximum absolute atomic E-state index is 12.6. The zero-order chi connectivity index (χ0) is 22.9. The number of anilines is 1. The summed E-state index contributed by atoms with van der Waals surface area (Å²) in [6.45, 7) is -0.309. The zero-order valence-corrected chi connectivity index (χ0v) is 19.7. The Morgan fingerprint density at radius 1 is 0.906 bits per heavy atom. The van der Waals surface area contributed by atoms with Gasteiger partial charge in [-0.1, -0.05) is 42.5 Å². The molecular weight excluding hydrogens is 519 g/mol. The lowest BCUT2D eigenvalue weighted by Gasteiger charge is -2.18. The van der Waals surface area contributed by atoms with Gasteiger partial charge in [-0.15, -0.1) is 0 Å². The quantitative estimate of drug-likeness (QED) is 0.417. The Morgan fingerprint density at radius 3 is 2.28 bits per heavy atom. The number of nitrogens with one attached hydrogen (secondary N) is 1. The van der Waals surface area contributed by atoms with Gasteiger partial charge in [0.05, 0.1) is 12.1 Å². The molecule has 0 aliphatic heterocycles. The van der Waals surface area contributed by atoms with Crippen molar-refractivity contribution < 1.29 is 19.1 Å². The fourth-order valence-corrected chi connectivity index (χ4v) is 3.34. The molecule has 7 heteroatoms. The average Bonchev–Trinajstić information content (AvgIpc) is 2.82. The van der Waals surface area contributed by atoms with Crippen molar-refractivity contribution >= 4 is 45.9 Å². The highest BCUT2D eigenvalue weighted by Crippen LogP contribution is 2.18. The minimum Gasteiger partial charge on any atom is -0.485 e. The number of carbonyl (C=O) groups is 3. The Morgan fingerprint density at radius 2 is 1.56 bits per heavy atom.